The second-order valence-electron chi connectivity index (χ2n) is 5.85. The van der Waals surface area contributed by atoms with E-state index in [9.17, 15) is 9.59 Å². The number of amides is 1. The Morgan fingerprint density at radius 2 is 1.86 bits per heavy atom. The van der Waals surface area contributed by atoms with E-state index < -0.39 is 17.7 Å². The first-order chi connectivity index (χ1) is 10.2. The highest BCUT2D eigenvalue weighted by atomic mass is 16.6. The third kappa shape index (κ3) is 6.03. The number of esters is 1. The lowest BCUT2D eigenvalue weighted by atomic mass is 10.2. The zero-order valence-electron chi connectivity index (χ0n) is 13.6. The summed E-state index contributed by atoms with van der Waals surface area (Å²) in [6, 6.07) is 6.50. The first-order valence-corrected chi connectivity index (χ1v) is 7.02. The summed E-state index contributed by atoms with van der Waals surface area (Å²) in [6.07, 6.45) is -0.509. The van der Waals surface area contributed by atoms with Crippen LogP contribution in [0.4, 0.5) is 4.79 Å². The molecule has 0 spiro atoms. The number of alkyl carbamates (subject to hydrolysis) is 1. The van der Waals surface area contributed by atoms with Crippen molar-refractivity contribution in [3.63, 3.8) is 0 Å². The Hall–Kier alpha value is -2.24. The molecule has 0 saturated carbocycles. The lowest BCUT2D eigenvalue weighted by molar-refractivity contribution is 0.0489. The number of rotatable bonds is 5. The third-order valence-electron chi connectivity index (χ3n) is 2.54. The maximum Gasteiger partial charge on any atom is 0.407 e. The van der Waals surface area contributed by atoms with E-state index in [2.05, 4.69) is 5.32 Å². The minimum absolute atomic E-state index is 0.202. The summed E-state index contributed by atoms with van der Waals surface area (Å²) in [4.78, 5) is 23.3. The summed E-state index contributed by atoms with van der Waals surface area (Å²) in [5, 5.41) is 2.67. The minimum atomic E-state index is -0.553. The van der Waals surface area contributed by atoms with Crippen molar-refractivity contribution in [2.45, 2.75) is 39.3 Å². The number of benzene rings is 1. The smallest absolute Gasteiger partial charge is 0.407 e. The van der Waals surface area contributed by atoms with Crippen LogP contribution in [0.5, 0.6) is 5.75 Å². The van der Waals surface area contributed by atoms with E-state index in [-0.39, 0.29) is 12.6 Å². The van der Waals surface area contributed by atoms with Crippen molar-refractivity contribution in [2.75, 3.05) is 13.7 Å². The fraction of sp³-hybridized carbons (Fsp3) is 0.500. The lowest BCUT2D eigenvalue weighted by Gasteiger charge is -2.22. The van der Waals surface area contributed by atoms with Gasteiger partial charge in [0.15, 0.2) is 0 Å². The quantitative estimate of drug-likeness (QED) is 0.847. The maximum atomic E-state index is 11.6. The van der Waals surface area contributed by atoms with Gasteiger partial charge in [0.1, 0.15) is 23.5 Å². The Kier molecular flexibility index (Phi) is 6.22. The maximum absolute atomic E-state index is 11.6. The van der Waals surface area contributed by atoms with Crippen LogP contribution in [0.1, 0.15) is 38.1 Å². The minimum Gasteiger partial charge on any atom is -0.491 e. The highest BCUT2D eigenvalue weighted by Gasteiger charge is 2.18. The fourth-order valence-electron chi connectivity index (χ4n) is 1.64. The molecule has 1 aromatic rings. The summed E-state index contributed by atoms with van der Waals surface area (Å²) in [5.74, 6) is -0.0597. The van der Waals surface area contributed by atoms with E-state index in [1.165, 1.54) is 7.11 Å². The normalized spacial score (nSPS) is 12.2. The first-order valence-electron chi connectivity index (χ1n) is 7.02. The molecule has 0 saturated heterocycles. The molecule has 6 heteroatoms. The molecule has 1 N–H and O–H groups in total. The van der Waals surface area contributed by atoms with E-state index in [1.807, 2.05) is 0 Å². The van der Waals surface area contributed by atoms with E-state index in [1.54, 1.807) is 52.0 Å². The van der Waals surface area contributed by atoms with Gasteiger partial charge in [0.2, 0.25) is 0 Å². The molecule has 122 valence electrons. The van der Waals surface area contributed by atoms with Crippen molar-refractivity contribution in [1.82, 2.24) is 5.32 Å². The van der Waals surface area contributed by atoms with Crippen LogP contribution in [-0.2, 0) is 9.47 Å². The molecular weight excluding hydrogens is 286 g/mol. The fourth-order valence-corrected chi connectivity index (χ4v) is 1.64. The second kappa shape index (κ2) is 7.68. The average molecular weight is 309 g/mol. The zero-order valence-corrected chi connectivity index (χ0v) is 13.6. The lowest BCUT2D eigenvalue weighted by Crippen LogP contribution is -2.40. The molecule has 0 fully saturated rings. The average Bonchev–Trinajstić information content (AvgIpc) is 2.42. The van der Waals surface area contributed by atoms with Gasteiger partial charge in [-0.25, -0.2) is 9.59 Å². The van der Waals surface area contributed by atoms with Crippen molar-refractivity contribution >= 4 is 12.1 Å². The standard InChI is InChI=1S/C16H23NO5/c1-11(17-15(19)22-16(2,3)4)10-21-13-9-7-6-8-12(13)14(18)20-5/h6-9,11H,10H2,1-5H3,(H,17,19)/t11-/m0/s1. The number of methoxy groups -OCH3 is 1. The van der Waals surface area contributed by atoms with Crippen molar-refractivity contribution < 1.29 is 23.8 Å². The SMILES string of the molecule is COC(=O)c1ccccc1OC[C@H](C)NC(=O)OC(C)(C)C. The Balaban J connectivity index is 2.56. The van der Waals surface area contributed by atoms with Crippen LogP contribution >= 0.6 is 0 Å². The van der Waals surface area contributed by atoms with Crippen molar-refractivity contribution in [3.05, 3.63) is 29.8 Å². The zero-order chi connectivity index (χ0) is 16.8. The number of nitrogens with one attached hydrogen (secondary N) is 1. The van der Waals surface area contributed by atoms with Crippen LogP contribution in [0, 0.1) is 0 Å². The van der Waals surface area contributed by atoms with Gasteiger partial charge in [0.25, 0.3) is 0 Å². The molecule has 0 radical (unpaired) electrons. The second-order valence-corrected chi connectivity index (χ2v) is 5.85. The van der Waals surface area contributed by atoms with Crippen LogP contribution in [-0.4, -0.2) is 37.4 Å². The molecule has 0 bridgehead atoms. The summed E-state index contributed by atoms with van der Waals surface area (Å²) in [5.41, 5.74) is -0.211. The van der Waals surface area contributed by atoms with Crippen LogP contribution in [0.25, 0.3) is 0 Å². The first kappa shape index (κ1) is 17.8. The molecule has 0 unspecified atom stereocenters. The molecular formula is C16H23NO5. The molecule has 0 aliphatic heterocycles. The van der Waals surface area contributed by atoms with Gasteiger partial charge >= 0.3 is 12.1 Å². The molecule has 0 aromatic heterocycles. The Morgan fingerprint density at radius 1 is 1.23 bits per heavy atom. The molecule has 1 atom stereocenters. The molecule has 0 aliphatic rings. The van der Waals surface area contributed by atoms with Crippen LogP contribution in [0.2, 0.25) is 0 Å². The molecule has 22 heavy (non-hydrogen) atoms. The highest BCUT2D eigenvalue weighted by Crippen LogP contribution is 2.19. The van der Waals surface area contributed by atoms with Crippen molar-refractivity contribution in [3.8, 4) is 5.75 Å². The monoisotopic (exact) mass is 309 g/mol. The number of hydrogen-bond acceptors (Lipinski definition) is 5. The summed E-state index contributed by atoms with van der Waals surface area (Å²) in [7, 11) is 1.31. The molecule has 1 rings (SSSR count). The highest BCUT2D eigenvalue weighted by molar-refractivity contribution is 5.92. The number of para-hydroxylation sites is 1. The van der Waals surface area contributed by atoms with E-state index in [0.29, 0.717) is 11.3 Å². The summed E-state index contributed by atoms with van der Waals surface area (Å²) in [6.45, 7) is 7.36. The predicted molar refractivity (Wildman–Crippen MR) is 82.1 cm³/mol. The number of carbonyl (C=O) groups excluding carboxylic acids is 2. The Bertz CT molecular complexity index is 522. The largest absolute Gasteiger partial charge is 0.491 e. The molecule has 1 amide bonds. The Labute approximate surface area is 130 Å². The number of hydrogen-bond donors (Lipinski definition) is 1. The third-order valence-corrected chi connectivity index (χ3v) is 2.54. The van der Waals surface area contributed by atoms with Crippen LogP contribution in [0.15, 0.2) is 24.3 Å². The number of carbonyl (C=O) groups is 2. The van der Waals surface area contributed by atoms with Gasteiger partial charge in [-0.1, -0.05) is 12.1 Å². The van der Waals surface area contributed by atoms with Gasteiger partial charge in [-0.15, -0.1) is 0 Å². The molecule has 1 aromatic carbocycles. The van der Waals surface area contributed by atoms with Crippen molar-refractivity contribution in [2.24, 2.45) is 0 Å². The molecule has 6 nitrogen and oxygen atoms in total. The summed E-state index contributed by atoms with van der Waals surface area (Å²) < 4.78 is 15.4. The topological polar surface area (TPSA) is 73.9 Å². The van der Waals surface area contributed by atoms with Gasteiger partial charge in [-0.05, 0) is 39.8 Å². The van der Waals surface area contributed by atoms with Crippen LogP contribution < -0.4 is 10.1 Å². The number of ether oxygens (including phenoxy) is 3. The van der Waals surface area contributed by atoms with Crippen LogP contribution in [0.3, 0.4) is 0 Å². The van der Waals surface area contributed by atoms with Gasteiger partial charge in [0, 0.05) is 0 Å². The molecule has 0 heterocycles. The van der Waals surface area contributed by atoms with Gasteiger partial charge in [-0.2, -0.15) is 0 Å². The van der Waals surface area contributed by atoms with E-state index in [0.717, 1.165) is 0 Å². The Morgan fingerprint density at radius 3 is 2.45 bits per heavy atom. The summed E-state index contributed by atoms with van der Waals surface area (Å²) >= 11 is 0. The van der Waals surface area contributed by atoms with Gasteiger partial charge in [0.05, 0.1) is 13.2 Å². The van der Waals surface area contributed by atoms with E-state index >= 15 is 0 Å². The van der Waals surface area contributed by atoms with E-state index in [4.69, 9.17) is 14.2 Å². The van der Waals surface area contributed by atoms with Gasteiger partial charge < -0.3 is 19.5 Å². The van der Waals surface area contributed by atoms with Gasteiger partial charge in [-0.3, -0.25) is 0 Å². The predicted octanol–water partition coefficient (Wildman–Crippen LogP) is 2.77. The molecule has 0 aliphatic carbocycles. The van der Waals surface area contributed by atoms with Crippen molar-refractivity contribution in [1.29, 1.82) is 0 Å².